The highest BCUT2D eigenvalue weighted by Gasteiger charge is 2.05. The van der Waals surface area contributed by atoms with Gasteiger partial charge in [0, 0.05) is 0 Å². The second kappa shape index (κ2) is 3.96. The highest BCUT2D eigenvalue weighted by atomic mass is 31.1. The van der Waals surface area contributed by atoms with Crippen LogP contribution in [0.3, 0.4) is 0 Å². The minimum absolute atomic E-state index is 0.219. The van der Waals surface area contributed by atoms with Crippen molar-refractivity contribution in [3.05, 3.63) is 0 Å². The zero-order chi connectivity index (χ0) is 6.57. The zero-order valence-electron chi connectivity index (χ0n) is 5.00. The molecule has 1 unspecified atom stereocenters. The van der Waals surface area contributed by atoms with Gasteiger partial charge in [0.25, 0.3) is 0 Å². The maximum absolute atomic E-state index is 9.71. The quantitative estimate of drug-likeness (QED) is 0.466. The van der Waals surface area contributed by atoms with E-state index < -0.39 is 6.23 Å². The van der Waals surface area contributed by atoms with Gasteiger partial charge in [0.1, 0.15) is 6.23 Å². The monoisotopic (exact) mass is 135 g/mol. The molecular weight excluding hydrogens is 125 g/mol. The Morgan fingerprint density at radius 3 is 2.25 bits per heavy atom. The van der Waals surface area contributed by atoms with Crippen molar-refractivity contribution in [2.24, 2.45) is 11.7 Å². The first-order chi connectivity index (χ1) is 3.68. The molecule has 2 N–H and O–H groups in total. The average Bonchev–Trinajstić information content (AvgIpc) is 1.67. The van der Waals surface area contributed by atoms with Crippen LogP contribution >= 0.6 is 8.69 Å². The lowest BCUT2D eigenvalue weighted by Gasteiger charge is -2.09. The molecule has 0 aromatic heterocycles. The highest BCUT2D eigenvalue weighted by Crippen LogP contribution is 2.05. The van der Waals surface area contributed by atoms with Crippen LogP contribution in [0.4, 0.5) is 0 Å². The van der Waals surface area contributed by atoms with E-state index in [4.69, 9.17) is 5.73 Å². The van der Waals surface area contributed by atoms with Crippen molar-refractivity contribution in [1.29, 1.82) is 0 Å². The Hall–Kier alpha value is 0.0200. The predicted molar refractivity (Wildman–Crippen MR) is 31.5 cm³/mol. The topological polar surface area (TPSA) is 52.3 Å². The van der Waals surface area contributed by atoms with E-state index in [9.17, 15) is 4.57 Å². The van der Waals surface area contributed by atoms with E-state index in [1.54, 1.807) is 0 Å². The lowest BCUT2D eigenvalue weighted by Crippen LogP contribution is -2.26. The summed E-state index contributed by atoms with van der Waals surface area (Å²) in [4.78, 5) is 0. The molecule has 48 valence electrons. The fourth-order valence-electron chi connectivity index (χ4n) is 0.171. The molecular formula is C4H10NO2P. The summed E-state index contributed by atoms with van der Waals surface area (Å²) >= 11 is 0. The lowest BCUT2D eigenvalue weighted by atomic mass is 10.2. The molecule has 8 heavy (non-hydrogen) atoms. The molecule has 0 radical (unpaired) electrons. The molecule has 0 amide bonds. The third kappa shape index (κ3) is 3.08. The van der Waals surface area contributed by atoms with Crippen LogP contribution in [-0.4, -0.2) is 6.23 Å². The molecule has 0 saturated heterocycles. The molecule has 0 aromatic carbocycles. The van der Waals surface area contributed by atoms with Crippen molar-refractivity contribution in [3.63, 3.8) is 0 Å². The standard InChI is InChI=1S/C4H10NO2P/c1-3(2)4(5)7-8-6/h3-4H,5H2,1-2H3. The van der Waals surface area contributed by atoms with Gasteiger partial charge in [-0.05, 0) is 5.92 Å². The molecule has 0 aliphatic heterocycles. The SMILES string of the molecule is CC(C)C(N)OP=O. The van der Waals surface area contributed by atoms with E-state index in [0.29, 0.717) is 0 Å². The van der Waals surface area contributed by atoms with Crippen LogP contribution in [0, 0.1) is 5.92 Å². The molecule has 0 fully saturated rings. The normalized spacial score (nSPS) is 15.0. The minimum Gasteiger partial charge on any atom is -0.305 e. The summed E-state index contributed by atoms with van der Waals surface area (Å²) < 4.78 is 14.2. The van der Waals surface area contributed by atoms with E-state index in [-0.39, 0.29) is 14.6 Å². The maximum atomic E-state index is 9.71. The van der Waals surface area contributed by atoms with E-state index in [1.807, 2.05) is 13.8 Å². The summed E-state index contributed by atoms with van der Waals surface area (Å²) in [5, 5.41) is 0. The average molecular weight is 135 g/mol. The molecule has 0 rings (SSSR count). The fraction of sp³-hybridized carbons (Fsp3) is 1.00. The van der Waals surface area contributed by atoms with Crippen LogP contribution < -0.4 is 5.73 Å². The highest BCUT2D eigenvalue weighted by molar-refractivity contribution is 7.17. The van der Waals surface area contributed by atoms with Crippen molar-refractivity contribution < 1.29 is 9.09 Å². The molecule has 4 heteroatoms. The molecule has 0 aromatic rings. The Kier molecular flexibility index (Phi) is 3.97. The molecule has 0 aliphatic rings. The number of nitrogens with two attached hydrogens (primary N) is 1. The Balaban J connectivity index is 3.30. The van der Waals surface area contributed by atoms with E-state index in [2.05, 4.69) is 4.52 Å². The smallest absolute Gasteiger partial charge is 0.305 e. The molecule has 3 nitrogen and oxygen atoms in total. The van der Waals surface area contributed by atoms with E-state index in [0.717, 1.165) is 0 Å². The second-order valence-electron chi connectivity index (χ2n) is 1.89. The number of hydrogen-bond acceptors (Lipinski definition) is 3. The first kappa shape index (κ1) is 8.02. The van der Waals surface area contributed by atoms with Gasteiger partial charge in [0.2, 0.25) is 0 Å². The third-order valence-electron chi connectivity index (χ3n) is 0.822. The second-order valence-corrected chi connectivity index (χ2v) is 2.25. The Morgan fingerprint density at radius 1 is 1.62 bits per heavy atom. The first-order valence-electron chi connectivity index (χ1n) is 2.42. The summed E-state index contributed by atoms with van der Waals surface area (Å²) in [5.41, 5.74) is 5.30. The molecule has 0 saturated carbocycles. The molecule has 0 aliphatic carbocycles. The number of hydrogen-bond donors (Lipinski definition) is 1. The van der Waals surface area contributed by atoms with Crippen LogP contribution in [0.5, 0.6) is 0 Å². The van der Waals surface area contributed by atoms with Gasteiger partial charge in [-0.1, -0.05) is 13.8 Å². The first-order valence-corrected chi connectivity index (χ1v) is 3.15. The van der Waals surface area contributed by atoms with Crippen LogP contribution in [0.15, 0.2) is 0 Å². The van der Waals surface area contributed by atoms with Crippen LogP contribution in [0.2, 0.25) is 0 Å². The van der Waals surface area contributed by atoms with Crippen LogP contribution in [0.25, 0.3) is 0 Å². The van der Waals surface area contributed by atoms with Gasteiger partial charge < -0.3 is 5.73 Å². The summed E-state index contributed by atoms with van der Waals surface area (Å²) in [7, 11) is -0.341. The Bertz CT molecular complexity index is 76.4. The largest absolute Gasteiger partial charge is 0.328 e. The molecule has 0 bridgehead atoms. The molecule has 0 spiro atoms. The van der Waals surface area contributed by atoms with Crippen LogP contribution in [-0.2, 0) is 9.09 Å². The summed E-state index contributed by atoms with van der Waals surface area (Å²) in [5.74, 6) is 0.219. The molecule has 1 atom stereocenters. The fourth-order valence-corrected chi connectivity index (χ4v) is 0.514. The summed E-state index contributed by atoms with van der Waals surface area (Å²) in [6.45, 7) is 3.80. The van der Waals surface area contributed by atoms with Gasteiger partial charge in [-0.3, -0.25) is 4.52 Å². The van der Waals surface area contributed by atoms with Gasteiger partial charge in [0.15, 0.2) is 0 Å². The van der Waals surface area contributed by atoms with Gasteiger partial charge in [-0.2, -0.15) is 0 Å². The third-order valence-corrected chi connectivity index (χ3v) is 1.15. The Morgan fingerprint density at radius 2 is 2.12 bits per heavy atom. The lowest BCUT2D eigenvalue weighted by molar-refractivity contribution is 0.177. The maximum Gasteiger partial charge on any atom is 0.328 e. The molecule has 0 heterocycles. The van der Waals surface area contributed by atoms with Crippen molar-refractivity contribution in [1.82, 2.24) is 0 Å². The van der Waals surface area contributed by atoms with Gasteiger partial charge in [0.05, 0.1) is 0 Å². The van der Waals surface area contributed by atoms with E-state index in [1.165, 1.54) is 0 Å². The summed E-state index contributed by atoms with van der Waals surface area (Å²) in [6.07, 6.45) is -0.408. The van der Waals surface area contributed by atoms with E-state index >= 15 is 0 Å². The predicted octanol–water partition coefficient (Wildman–Crippen LogP) is 1.15. The van der Waals surface area contributed by atoms with Crippen LogP contribution in [0.1, 0.15) is 13.8 Å². The summed E-state index contributed by atoms with van der Waals surface area (Å²) in [6, 6.07) is 0. The van der Waals surface area contributed by atoms with Gasteiger partial charge in [-0.25, -0.2) is 4.57 Å². The van der Waals surface area contributed by atoms with Crippen molar-refractivity contribution in [2.45, 2.75) is 20.1 Å². The minimum atomic E-state index is -0.408. The number of rotatable bonds is 3. The van der Waals surface area contributed by atoms with Crippen molar-refractivity contribution >= 4 is 8.69 Å². The Labute approximate surface area is 50.5 Å². The van der Waals surface area contributed by atoms with Gasteiger partial charge in [-0.15, -0.1) is 0 Å². The zero-order valence-corrected chi connectivity index (χ0v) is 5.89. The van der Waals surface area contributed by atoms with Gasteiger partial charge >= 0.3 is 8.69 Å². The van der Waals surface area contributed by atoms with Crippen molar-refractivity contribution in [2.75, 3.05) is 0 Å². The van der Waals surface area contributed by atoms with Crippen molar-refractivity contribution in [3.8, 4) is 0 Å².